The van der Waals surface area contributed by atoms with E-state index in [0.717, 1.165) is 18.4 Å². The molecule has 0 aromatic carbocycles. The van der Waals surface area contributed by atoms with Gasteiger partial charge in [-0.15, -0.1) is 0 Å². The van der Waals surface area contributed by atoms with Crippen molar-refractivity contribution in [1.29, 1.82) is 0 Å². The van der Waals surface area contributed by atoms with E-state index < -0.39 is 57.0 Å². The second kappa shape index (κ2) is 10.2. The standard InChI is InChI=1S/C35H50O8/c1-30(2,40)15-14-25(37)35(8,41)28-22(36)18-32(5)24-13-12-20-21(34(24,7)26(38)19-33(28,32)6)17-23(29(39)31(20,3)4)43-27-11-9-10-16-42-27/h12,14-15,17,21-22,24,27-28,36,40-41H,9-11,13,16,18-19H2,1-8H3/b15-14+/t21-,22+,24-,27?,28-,32-,33+,34+,35?/m0/s1. The van der Waals surface area contributed by atoms with Crippen LogP contribution in [0.5, 0.6) is 0 Å². The molecule has 1 saturated heterocycles. The van der Waals surface area contributed by atoms with E-state index in [2.05, 4.69) is 13.0 Å². The summed E-state index contributed by atoms with van der Waals surface area (Å²) in [4.78, 5) is 41.7. The van der Waals surface area contributed by atoms with Gasteiger partial charge in [-0.3, -0.25) is 14.4 Å². The maximum atomic E-state index is 14.6. The lowest BCUT2D eigenvalue weighted by Crippen LogP contribution is -2.64. The number of hydrogen-bond acceptors (Lipinski definition) is 8. The quantitative estimate of drug-likeness (QED) is 0.299. The van der Waals surface area contributed by atoms with Gasteiger partial charge in [0, 0.05) is 30.1 Å². The summed E-state index contributed by atoms with van der Waals surface area (Å²) >= 11 is 0. The summed E-state index contributed by atoms with van der Waals surface area (Å²) in [5, 5.41) is 33.5. The lowest BCUT2D eigenvalue weighted by molar-refractivity contribution is -0.180. The first-order chi connectivity index (χ1) is 19.7. The van der Waals surface area contributed by atoms with E-state index in [1.54, 1.807) is 0 Å². The van der Waals surface area contributed by atoms with Gasteiger partial charge < -0.3 is 24.8 Å². The van der Waals surface area contributed by atoms with E-state index in [4.69, 9.17) is 9.47 Å². The number of ketones is 3. The molecule has 1 aliphatic heterocycles. The van der Waals surface area contributed by atoms with Crippen LogP contribution in [-0.4, -0.2) is 62.9 Å². The van der Waals surface area contributed by atoms with Crippen molar-refractivity contribution < 1.29 is 39.2 Å². The Labute approximate surface area is 255 Å². The molecule has 43 heavy (non-hydrogen) atoms. The summed E-state index contributed by atoms with van der Waals surface area (Å²) in [7, 11) is 0. The minimum absolute atomic E-state index is 0.00266. The first kappa shape index (κ1) is 32.3. The Balaban J connectivity index is 1.56. The van der Waals surface area contributed by atoms with Crippen molar-refractivity contribution in [3.63, 3.8) is 0 Å². The summed E-state index contributed by atoms with van der Waals surface area (Å²) in [5.41, 5.74) is -5.54. The molecule has 5 aliphatic rings. The number of aliphatic hydroxyl groups excluding tert-OH is 1. The maximum Gasteiger partial charge on any atom is 0.206 e. The Hall–Kier alpha value is -2.13. The van der Waals surface area contributed by atoms with E-state index >= 15 is 0 Å². The Kier molecular flexibility index (Phi) is 7.65. The van der Waals surface area contributed by atoms with Gasteiger partial charge in [-0.2, -0.15) is 0 Å². The van der Waals surface area contributed by atoms with Gasteiger partial charge in [0.2, 0.25) is 5.78 Å². The van der Waals surface area contributed by atoms with Crippen molar-refractivity contribution >= 4 is 17.3 Å². The van der Waals surface area contributed by atoms with Crippen molar-refractivity contribution in [1.82, 2.24) is 0 Å². The Bertz CT molecular complexity index is 1290. The van der Waals surface area contributed by atoms with Crippen LogP contribution in [0.1, 0.15) is 93.9 Å². The second-order valence-electron chi connectivity index (χ2n) is 15.8. The van der Waals surface area contributed by atoms with Gasteiger partial charge in [0.15, 0.2) is 17.8 Å². The number of hydrogen-bond donors (Lipinski definition) is 3. The van der Waals surface area contributed by atoms with Crippen molar-refractivity contribution in [3.05, 3.63) is 35.6 Å². The number of ether oxygens (including phenoxy) is 2. The number of carbonyl (C=O) groups excluding carboxylic acids is 3. The topological polar surface area (TPSA) is 130 Å². The summed E-state index contributed by atoms with van der Waals surface area (Å²) in [6, 6.07) is 0. The maximum absolute atomic E-state index is 14.6. The molecule has 2 saturated carbocycles. The first-order valence-corrected chi connectivity index (χ1v) is 15.9. The van der Waals surface area contributed by atoms with Crippen molar-refractivity contribution in [2.45, 2.75) is 118 Å². The number of aliphatic hydroxyl groups is 3. The zero-order chi connectivity index (χ0) is 32.0. The van der Waals surface area contributed by atoms with Gasteiger partial charge in [0.25, 0.3) is 0 Å². The van der Waals surface area contributed by atoms with Gasteiger partial charge in [-0.25, -0.2) is 0 Å². The van der Waals surface area contributed by atoms with Crippen LogP contribution in [0.15, 0.2) is 35.6 Å². The number of allylic oxidation sites excluding steroid dienone is 4. The number of carbonyl (C=O) groups is 3. The van der Waals surface area contributed by atoms with Crippen LogP contribution >= 0.6 is 0 Å². The molecule has 0 radical (unpaired) electrons. The highest BCUT2D eigenvalue weighted by atomic mass is 16.7. The Morgan fingerprint density at radius 2 is 1.74 bits per heavy atom. The fourth-order valence-electron chi connectivity index (χ4n) is 9.60. The van der Waals surface area contributed by atoms with Crippen LogP contribution in [0.25, 0.3) is 0 Å². The Morgan fingerprint density at radius 3 is 2.35 bits per heavy atom. The highest BCUT2D eigenvalue weighted by Crippen LogP contribution is 2.73. The van der Waals surface area contributed by atoms with Gasteiger partial charge in [-0.1, -0.05) is 38.5 Å². The van der Waals surface area contributed by atoms with Crippen LogP contribution in [0.3, 0.4) is 0 Å². The molecule has 8 nitrogen and oxygen atoms in total. The number of rotatable bonds is 6. The predicted molar refractivity (Wildman–Crippen MR) is 160 cm³/mol. The normalized spacial score (nSPS) is 42.3. The molecule has 0 bridgehead atoms. The molecule has 238 valence electrons. The minimum atomic E-state index is -1.96. The molecule has 3 N–H and O–H groups in total. The van der Waals surface area contributed by atoms with E-state index in [1.807, 2.05) is 33.8 Å². The molecule has 0 aromatic heterocycles. The lowest BCUT2D eigenvalue weighted by Gasteiger charge is -2.63. The Morgan fingerprint density at radius 1 is 1.07 bits per heavy atom. The molecule has 0 amide bonds. The number of Topliss-reactive ketones (excluding diaryl/α,β-unsaturated/α-hetero) is 2. The van der Waals surface area contributed by atoms with Crippen LogP contribution in [0, 0.1) is 39.4 Å². The fourth-order valence-corrected chi connectivity index (χ4v) is 9.60. The van der Waals surface area contributed by atoms with Crippen LogP contribution < -0.4 is 0 Å². The molecule has 4 aliphatic carbocycles. The largest absolute Gasteiger partial charge is 0.462 e. The molecule has 5 rings (SSSR count). The van der Waals surface area contributed by atoms with Crippen molar-refractivity contribution in [2.75, 3.05) is 6.61 Å². The lowest BCUT2D eigenvalue weighted by atomic mass is 9.39. The average molecular weight is 599 g/mol. The first-order valence-electron chi connectivity index (χ1n) is 15.9. The zero-order valence-electron chi connectivity index (χ0n) is 27.0. The predicted octanol–water partition coefficient (Wildman–Crippen LogP) is 4.60. The van der Waals surface area contributed by atoms with Gasteiger partial charge in [0.05, 0.1) is 23.7 Å². The van der Waals surface area contributed by atoms with Crippen molar-refractivity contribution in [3.8, 4) is 0 Å². The fraction of sp³-hybridized carbons (Fsp3) is 0.743. The van der Waals surface area contributed by atoms with Gasteiger partial charge in [-0.05, 0) is 89.2 Å². The van der Waals surface area contributed by atoms with Crippen LogP contribution in [0.4, 0.5) is 0 Å². The molecule has 2 unspecified atom stereocenters. The molecule has 9 atom stereocenters. The molecule has 0 spiro atoms. The third-order valence-corrected chi connectivity index (χ3v) is 12.2. The van der Waals surface area contributed by atoms with Gasteiger partial charge >= 0.3 is 0 Å². The molecular weight excluding hydrogens is 548 g/mol. The summed E-state index contributed by atoms with van der Waals surface area (Å²) in [6.07, 6.45) is 8.52. The second-order valence-corrected chi connectivity index (χ2v) is 15.8. The molecule has 1 heterocycles. The molecule has 0 aromatic rings. The molecule has 3 fully saturated rings. The average Bonchev–Trinajstić information content (AvgIpc) is 3.11. The SMILES string of the molecule is CC(C)(O)/C=C/C(=O)C(C)(O)[C@H]1[C@H](O)C[C@@]2(C)[C@@H]3CC=C4[C@H](C=C(OC5CCCCO5)C(=O)C4(C)C)[C@@]3(C)C(=O)C[C@]12C. The van der Waals surface area contributed by atoms with Gasteiger partial charge in [0.1, 0.15) is 11.4 Å². The third-order valence-electron chi connectivity index (χ3n) is 12.2. The highest BCUT2D eigenvalue weighted by Gasteiger charge is 2.74. The third kappa shape index (κ3) is 4.74. The van der Waals surface area contributed by atoms with Crippen LogP contribution in [0.2, 0.25) is 0 Å². The number of fused-ring (bicyclic) bond motifs is 5. The highest BCUT2D eigenvalue weighted by molar-refractivity contribution is 6.02. The summed E-state index contributed by atoms with van der Waals surface area (Å²) in [6.45, 7) is 14.9. The summed E-state index contributed by atoms with van der Waals surface area (Å²) in [5.74, 6) is -1.97. The minimum Gasteiger partial charge on any atom is -0.462 e. The molecule has 8 heteroatoms. The van der Waals surface area contributed by atoms with E-state index in [9.17, 15) is 29.7 Å². The molecular formula is C35H50O8. The van der Waals surface area contributed by atoms with E-state index in [0.29, 0.717) is 25.9 Å². The van der Waals surface area contributed by atoms with E-state index in [-0.39, 0.29) is 35.6 Å². The summed E-state index contributed by atoms with van der Waals surface area (Å²) < 4.78 is 12.0. The monoisotopic (exact) mass is 598 g/mol. The van der Waals surface area contributed by atoms with E-state index in [1.165, 1.54) is 32.9 Å². The zero-order valence-corrected chi connectivity index (χ0v) is 27.0. The smallest absolute Gasteiger partial charge is 0.206 e. The van der Waals surface area contributed by atoms with Crippen LogP contribution in [-0.2, 0) is 23.9 Å². The van der Waals surface area contributed by atoms with Crippen molar-refractivity contribution in [2.24, 2.45) is 39.4 Å².